The van der Waals surface area contributed by atoms with Crippen LogP contribution in [-0.4, -0.2) is 69.3 Å². The minimum atomic E-state index is -3.80. The molecule has 0 saturated carbocycles. The Bertz CT molecular complexity index is 1340. The van der Waals surface area contributed by atoms with Crippen LogP contribution in [0, 0.1) is 6.92 Å². The van der Waals surface area contributed by atoms with Crippen LogP contribution in [0.4, 0.5) is 0 Å². The fourth-order valence-corrected chi connectivity index (χ4v) is 6.10. The molecule has 39 heavy (non-hydrogen) atoms. The molecular formula is C27H38N6O5S. The molecule has 0 bridgehead atoms. The predicted octanol–water partition coefficient (Wildman–Crippen LogP) is 4.05. The van der Waals surface area contributed by atoms with Crippen molar-refractivity contribution in [3.8, 4) is 17.4 Å². The average Bonchev–Trinajstić information content (AvgIpc) is 3.34. The van der Waals surface area contributed by atoms with Crippen LogP contribution in [0.25, 0.3) is 11.5 Å². The summed E-state index contributed by atoms with van der Waals surface area (Å²) in [5, 5.41) is 7.83. The molecule has 1 saturated heterocycles. The molecule has 0 N–H and O–H groups in total. The Balaban J connectivity index is 1.72. The average molecular weight is 559 g/mol. The van der Waals surface area contributed by atoms with Gasteiger partial charge in [0.25, 0.3) is 0 Å². The summed E-state index contributed by atoms with van der Waals surface area (Å²) in [7, 11) is -2.26. The zero-order valence-electron chi connectivity index (χ0n) is 23.4. The van der Waals surface area contributed by atoms with Gasteiger partial charge in [0.1, 0.15) is 23.4 Å². The number of aryl methyl sites for hydroxylation is 1. The normalized spacial score (nSPS) is 18.6. The molecule has 0 radical (unpaired) electrons. The highest BCUT2D eigenvalue weighted by Gasteiger charge is 2.37. The van der Waals surface area contributed by atoms with Gasteiger partial charge in [-0.2, -0.15) is 0 Å². The van der Waals surface area contributed by atoms with Crippen molar-refractivity contribution >= 4 is 9.84 Å². The maximum atomic E-state index is 13.9. The second kappa shape index (κ2) is 12.5. The standard InChI is InChI=1S/C27H38N6O5S/c1-17(2)38-25(26-28-14-18(3)15-29-26)20(5)39(34,35)16-23-31-32-27(21-10-9-12-24(30-21)36-6)33(23)19(4)22-11-7-8-13-37-22/h9-10,12,14-15,17,19-20,22,25H,7-8,11,13,16H2,1-6H3/t19-,20-,22+,25+/m0/s1. The number of ether oxygens (including phenoxy) is 3. The van der Waals surface area contributed by atoms with E-state index in [1.54, 1.807) is 38.6 Å². The Labute approximate surface area is 230 Å². The lowest BCUT2D eigenvalue weighted by molar-refractivity contribution is -0.0125. The van der Waals surface area contributed by atoms with Crippen molar-refractivity contribution < 1.29 is 22.6 Å². The molecule has 1 fully saturated rings. The van der Waals surface area contributed by atoms with E-state index >= 15 is 0 Å². The first-order chi connectivity index (χ1) is 18.6. The number of hydrogen-bond donors (Lipinski definition) is 0. The van der Waals surface area contributed by atoms with E-state index in [-0.39, 0.29) is 24.0 Å². The topological polar surface area (TPSA) is 131 Å². The molecule has 0 unspecified atom stereocenters. The van der Waals surface area contributed by atoms with Gasteiger partial charge >= 0.3 is 0 Å². The zero-order valence-corrected chi connectivity index (χ0v) is 24.3. The van der Waals surface area contributed by atoms with Crippen molar-refractivity contribution in [2.24, 2.45) is 0 Å². The van der Waals surface area contributed by atoms with E-state index in [1.807, 2.05) is 38.3 Å². The Kier molecular flexibility index (Phi) is 9.29. The van der Waals surface area contributed by atoms with E-state index in [2.05, 4.69) is 25.1 Å². The second-order valence-corrected chi connectivity index (χ2v) is 12.6. The summed E-state index contributed by atoms with van der Waals surface area (Å²) in [5.41, 5.74) is 1.42. The van der Waals surface area contributed by atoms with Crippen molar-refractivity contribution in [2.75, 3.05) is 13.7 Å². The highest BCUT2D eigenvalue weighted by atomic mass is 32.2. The zero-order chi connectivity index (χ0) is 28.2. The maximum absolute atomic E-state index is 13.9. The fraction of sp³-hybridized carbons (Fsp3) is 0.593. The molecule has 1 aliphatic heterocycles. The van der Waals surface area contributed by atoms with Gasteiger partial charge in [0.2, 0.25) is 5.88 Å². The van der Waals surface area contributed by atoms with E-state index in [9.17, 15) is 8.42 Å². The van der Waals surface area contributed by atoms with Gasteiger partial charge in [0.05, 0.1) is 30.6 Å². The molecule has 0 spiro atoms. The Morgan fingerprint density at radius 2 is 1.85 bits per heavy atom. The lowest BCUT2D eigenvalue weighted by Gasteiger charge is -2.30. The van der Waals surface area contributed by atoms with E-state index in [4.69, 9.17) is 14.2 Å². The van der Waals surface area contributed by atoms with E-state index in [1.165, 1.54) is 0 Å². The molecule has 3 aromatic rings. The van der Waals surface area contributed by atoms with E-state index in [0.29, 0.717) is 35.7 Å². The largest absolute Gasteiger partial charge is 0.481 e. The molecule has 0 amide bonds. The molecular weight excluding hydrogens is 520 g/mol. The van der Waals surface area contributed by atoms with Crippen LogP contribution in [-0.2, 0) is 25.1 Å². The van der Waals surface area contributed by atoms with Crippen LogP contribution in [0.15, 0.2) is 30.6 Å². The number of nitrogens with zero attached hydrogens (tertiary/aromatic N) is 6. The first-order valence-electron chi connectivity index (χ1n) is 13.3. The Morgan fingerprint density at radius 1 is 1.10 bits per heavy atom. The molecule has 4 atom stereocenters. The third-order valence-corrected chi connectivity index (χ3v) is 8.93. The van der Waals surface area contributed by atoms with Gasteiger partial charge < -0.3 is 18.8 Å². The number of aromatic nitrogens is 6. The molecule has 212 valence electrons. The Morgan fingerprint density at radius 3 is 2.49 bits per heavy atom. The summed E-state index contributed by atoms with van der Waals surface area (Å²) >= 11 is 0. The fourth-order valence-electron chi connectivity index (χ4n) is 4.71. The van der Waals surface area contributed by atoms with Gasteiger partial charge in [0.15, 0.2) is 21.5 Å². The lowest BCUT2D eigenvalue weighted by atomic mass is 10.0. The quantitative estimate of drug-likeness (QED) is 0.340. The van der Waals surface area contributed by atoms with Crippen LogP contribution in [0.5, 0.6) is 5.88 Å². The molecule has 4 rings (SSSR count). The SMILES string of the molecule is COc1cccc(-c2nnc(CS(=O)(=O)[C@@H](C)[C@@H](OC(C)C)c3ncc(C)cn3)n2[C@@H](C)[C@H]2CCCCO2)n1. The van der Waals surface area contributed by atoms with E-state index in [0.717, 1.165) is 24.8 Å². The van der Waals surface area contributed by atoms with Crippen molar-refractivity contribution in [2.45, 2.75) is 89.2 Å². The van der Waals surface area contributed by atoms with Crippen LogP contribution in [0.2, 0.25) is 0 Å². The van der Waals surface area contributed by atoms with Gasteiger partial charge in [-0.15, -0.1) is 10.2 Å². The number of methoxy groups -OCH3 is 1. The van der Waals surface area contributed by atoms with Crippen LogP contribution >= 0.6 is 0 Å². The van der Waals surface area contributed by atoms with Crippen molar-refractivity contribution in [1.29, 1.82) is 0 Å². The second-order valence-electron chi connectivity index (χ2n) is 10.3. The summed E-state index contributed by atoms with van der Waals surface area (Å²) in [6.45, 7) is 9.89. The van der Waals surface area contributed by atoms with Gasteiger partial charge in [0, 0.05) is 25.1 Å². The molecule has 1 aliphatic rings. The molecule has 0 aromatic carbocycles. The molecule has 11 nitrogen and oxygen atoms in total. The third-order valence-electron chi connectivity index (χ3n) is 6.89. The first kappa shape index (κ1) is 29.0. The summed E-state index contributed by atoms with van der Waals surface area (Å²) < 4.78 is 47.0. The number of pyridine rings is 1. The van der Waals surface area contributed by atoms with Crippen LogP contribution in [0.1, 0.15) is 76.3 Å². The van der Waals surface area contributed by atoms with Crippen LogP contribution in [0.3, 0.4) is 0 Å². The monoisotopic (exact) mass is 558 g/mol. The molecule has 0 aliphatic carbocycles. The minimum Gasteiger partial charge on any atom is -0.481 e. The summed E-state index contributed by atoms with van der Waals surface area (Å²) in [5.74, 6) is 1.20. The van der Waals surface area contributed by atoms with Gasteiger partial charge in [-0.3, -0.25) is 0 Å². The molecule has 12 heteroatoms. The smallest absolute Gasteiger partial charge is 0.213 e. The minimum absolute atomic E-state index is 0.101. The highest BCUT2D eigenvalue weighted by molar-refractivity contribution is 7.91. The van der Waals surface area contributed by atoms with Gasteiger partial charge in [-0.25, -0.2) is 23.4 Å². The van der Waals surface area contributed by atoms with E-state index < -0.39 is 21.2 Å². The van der Waals surface area contributed by atoms with Crippen LogP contribution < -0.4 is 4.74 Å². The summed E-state index contributed by atoms with van der Waals surface area (Å²) in [6, 6.07) is 5.15. The molecule has 3 aromatic heterocycles. The van der Waals surface area contributed by atoms with Crippen molar-refractivity contribution in [1.82, 2.24) is 29.7 Å². The maximum Gasteiger partial charge on any atom is 0.213 e. The number of sulfone groups is 1. The van der Waals surface area contributed by atoms with Crippen molar-refractivity contribution in [3.63, 3.8) is 0 Å². The Hall–Kier alpha value is -2.96. The lowest BCUT2D eigenvalue weighted by Crippen LogP contribution is -2.33. The number of hydrogen-bond acceptors (Lipinski definition) is 10. The third kappa shape index (κ3) is 6.79. The predicted molar refractivity (Wildman–Crippen MR) is 146 cm³/mol. The summed E-state index contributed by atoms with van der Waals surface area (Å²) in [6.07, 6.45) is 5.06. The number of rotatable bonds is 11. The first-order valence-corrected chi connectivity index (χ1v) is 15.0. The van der Waals surface area contributed by atoms with Crippen molar-refractivity contribution in [3.05, 3.63) is 47.8 Å². The van der Waals surface area contributed by atoms with Gasteiger partial charge in [-0.1, -0.05) is 6.07 Å². The molecule has 4 heterocycles. The van der Waals surface area contributed by atoms with Gasteiger partial charge in [-0.05, 0) is 65.5 Å². The summed E-state index contributed by atoms with van der Waals surface area (Å²) in [4.78, 5) is 13.3. The highest BCUT2D eigenvalue weighted by Crippen LogP contribution is 2.32.